The first-order chi connectivity index (χ1) is 9.01. The van der Waals surface area contributed by atoms with Crippen LogP contribution in [0, 0.1) is 11.8 Å². The van der Waals surface area contributed by atoms with E-state index in [9.17, 15) is 9.59 Å². The molecular formula is C15H28O4. The average Bonchev–Trinajstić information content (AvgIpc) is 2.34. The van der Waals surface area contributed by atoms with Crippen LogP contribution in [0.25, 0.3) is 0 Å². The molecule has 0 radical (unpaired) electrons. The van der Waals surface area contributed by atoms with Crippen molar-refractivity contribution in [3.63, 3.8) is 0 Å². The van der Waals surface area contributed by atoms with Gasteiger partial charge < -0.3 is 0 Å². The number of hydrogen-bond donors (Lipinski definition) is 0. The summed E-state index contributed by atoms with van der Waals surface area (Å²) in [5, 5.41) is 0. The summed E-state index contributed by atoms with van der Waals surface area (Å²) >= 11 is 0. The minimum absolute atomic E-state index is 0.150. The lowest BCUT2D eigenvalue weighted by molar-refractivity contribution is -0.263. The number of carbonyl (C=O) groups is 2. The zero-order valence-corrected chi connectivity index (χ0v) is 12.7. The van der Waals surface area contributed by atoms with Crippen LogP contribution in [0.1, 0.15) is 72.6 Å². The fourth-order valence-electron chi connectivity index (χ4n) is 1.89. The van der Waals surface area contributed by atoms with Crippen LogP contribution in [-0.4, -0.2) is 11.9 Å². The molecule has 0 aromatic carbocycles. The molecule has 112 valence electrons. The normalized spacial score (nSPS) is 12.3. The van der Waals surface area contributed by atoms with E-state index >= 15 is 0 Å². The van der Waals surface area contributed by atoms with Crippen molar-refractivity contribution in [2.24, 2.45) is 11.8 Å². The lowest BCUT2D eigenvalue weighted by atomic mass is 9.97. The molecule has 0 spiro atoms. The second kappa shape index (κ2) is 10.8. The van der Waals surface area contributed by atoms with Gasteiger partial charge in [0, 0.05) is 0 Å². The molecule has 0 saturated heterocycles. The van der Waals surface area contributed by atoms with Crippen molar-refractivity contribution < 1.29 is 19.4 Å². The molecule has 19 heavy (non-hydrogen) atoms. The van der Waals surface area contributed by atoms with Crippen molar-refractivity contribution in [1.82, 2.24) is 0 Å². The number of carbonyl (C=O) groups excluding carboxylic acids is 2. The Kier molecular flexibility index (Phi) is 10.2. The van der Waals surface area contributed by atoms with Crippen LogP contribution in [0.15, 0.2) is 0 Å². The highest BCUT2D eigenvalue weighted by atomic mass is 17.2. The maximum absolute atomic E-state index is 11.8. The molecule has 0 aliphatic rings. The maximum Gasteiger partial charge on any atom is 0.358 e. The van der Waals surface area contributed by atoms with Crippen molar-refractivity contribution in [2.75, 3.05) is 0 Å². The van der Waals surface area contributed by atoms with Crippen molar-refractivity contribution >= 4 is 11.9 Å². The second-order valence-corrected chi connectivity index (χ2v) is 5.44. The minimum atomic E-state index is -0.479. The first-order valence-electron chi connectivity index (χ1n) is 7.42. The van der Waals surface area contributed by atoms with Gasteiger partial charge in [-0.1, -0.05) is 53.4 Å². The van der Waals surface area contributed by atoms with Gasteiger partial charge in [0.1, 0.15) is 0 Å². The van der Waals surface area contributed by atoms with Crippen LogP contribution >= 0.6 is 0 Å². The second-order valence-electron chi connectivity index (χ2n) is 5.44. The fraction of sp³-hybridized carbons (Fsp3) is 0.867. The Morgan fingerprint density at radius 3 is 2.16 bits per heavy atom. The molecule has 0 bridgehead atoms. The van der Waals surface area contributed by atoms with Crippen LogP contribution in [-0.2, 0) is 19.4 Å². The highest BCUT2D eigenvalue weighted by molar-refractivity contribution is 5.74. The summed E-state index contributed by atoms with van der Waals surface area (Å²) in [6, 6.07) is 0. The molecule has 0 amide bonds. The Hall–Kier alpha value is -1.06. The quantitative estimate of drug-likeness (QED) is 0.361. The van der Waals surface area contributed by atoms with E-state index in [1.165, 1.54) is 0 Å². The molecule has 0 fully saturated rings. The van der Waals surface area contributed by atoms with Crippen LogP contribution < -0.4 is 0 Å². The van der Waals surface area contributed by atoms with E-state index in [1.807, 2.05) is 20.8 Å². The molecule has 4 nitrogen and oxygen atoms in total. The molecular weight excluding hydrogens is 244 g/mol. The molecule has 0 saturated carbocycles. The Balaban J connectivity index is 4.05. The van der Waals surface area contributed by atoms with Crippen molar-refractivity contribution in [2.45, 2.75) is 72.6 Å². The monoisotopic (exact) mass is 272 g/mol. The van der Waals surface area contributed by atoms with E-state index in [0.717, 1.165) is 38.5 Å². The van der Waals surface area contributed by atoms with E-state index in [-0.39, 0.29) is 18.3 Å². The topological polar surface area (TPSA) is 52.6 Å². The van der Waals surface area contributed by atoms with Gasteiger partial charge in [-0.25, -0.2) is 19.4 Å². The van der Waals surface area contributed by atoms with Crippen LogP contribution in [0.3, 0.4) is 0 Å². The molecule has 4 heteroatoms. The van der Waals surface area contributed by atoms with Gasteiger partial charge in [0.05, 0.1) is 12.3 Å². The zero-order chi connectivity index (χ0) is 14.7. The number of unbranched alkanes of at least 4 members (excludes halogenated alkanes) is 2. The molecule has 1 unspecified atom stereocenters. The van der Waals surface area contributed by atoms with Gasteiger partial charge in [-0.2, -0.15) is 0 Å². The van der Waals surface area contributed by atoms with E-state index in [2.05, 4.69) is 16.7 Å². The molecule has 0 aromatic rings. The van der Waals surface area contributed by atoms with Gasteiger partial charge >= 0.3 is 11.9 Å². The fourth-order valence-corrected chi connectivity index (χ4v) is 1.89. The first-order valence-corrected chi connectivity index (χ1v) is 7.42. The largest absolute Gasteiger partial charge is 0.358 e. The van der Waals surface area contributed by atoms with Gasteiger partial charge in [-0.3, -0.25) is 0 Å². The van der Waals surface area contributed by atoms with Gasteiger partial charge in [0.25, 0.3) is 0 Å². The highest BCUT2D eigenvalue weighted by Gasteiger charge is 2.21. The standard InChI is InChI=1S/C15H28O4/c1-5-7-8-10-13(9-6-2)15(17)19-18-14(16)11-12(3)4/h12-13H,5-11H2,1-4H3. The average molecular weight is 272 g/mol. The van der Waals surface area contributed by atoms with E-state index in [1.54, 1.807) is 0 Å². The highest BCUT2D eigenvalue weighted by Crippen LogP contribution is 2.17. The van der Waals surface area contributed by atoms with Crippen LogP contribution in [0.2, 0.25) is 0 Å². The van der Waals surface area contributed by atoms with Crippen molar-refractivity contribution in [3.05, 3.63) is 0 Å². The smallest absolute Gasteiger partial charge is 0.247 e. The summed E-state index contributed by atoms with van der Waals surface area (Å²) in [6.07, 6.45) is 6.02. The van der Waals surface area contributed by atoms with Crippen LogP contribution in [0.4, 0.5) is 0 Å². The molecule has 1 atom stereocenters. The Labute approximate surface area is 116 Å². The summed E-state index contributed by atoms with van der Waals surface area (Å²) in [5.74, 6) is -0.840. The van der Waals surface area contributed by atoms with Gasteiger partial charge in [0.2, 0.25) is 0 Å². The third kappa shape index (κ3) is 9.51. The maximum atomic E-state index is 11.8. The van der Waals surface area contributed by atoms with E-state index in [4.69, 9.17) is 0 Å². The SMILES string of the molecule is CCCCCC(CCC)C(=O)OOC(=O)CC(C)C. The molecule has 0 aromatic heterocycles. The third-order valence-electron chi connectivity index (χ3n) is 2.92. The van der Waals surface area contributed by atoms with Gasteiger partial charge in [0.15, 0.2) is 0 Å². The Morgan fingerprint density at radius 2 is 1.63 bits per heavy atom. The van der Waals surface area contributed by atoms with Gasteiger partial charge in [-0.05, 0) is 18.8 Å². The summed E-state index contributed by atoms with van der Waals surface area (Å²) in [7, 11) is 0. The predicted octanol–water partition coefficient (Wildman–Crippen LogP) is 4.03. The van der Waals surface area contributed by atoms with Crippen molar-refractivity contribution in [1.29, 1.82) is 0 Å². The molecule has 0 heterocycles. The van der Waals surface area contributed by atoms with Crippen LogP contribution in [0.5, 0.6) is 0 Å². The first kappa shape index (κ1) is 17.9. The van der Waals surface area contributed by atoms with Crippen molar-refractivity contribution in [3.8, 4) is 0 Å². The Bertz CT molecular complexity index is 261. The lowest BCUT2D eigenvalue weighted by Crippen LogP contribution is -2.20. The van der Waals surface area contributed by atoms with E-state index in [0.29, 0.717) is 0 Å². The molecule has 0 N–H and O–H groups in total. The van der Waals surface area contributed by atoms with E-state index < -0.39 is 11.9 Å². The summed E-state index contributed by atoms with van der Waals surface area (Å²) < 4.78 is 0. The predicted molar refractivity (Wildman–Crippen MR) is 74.2 cm³/mol. The summed E-state index contributed by atoms with van der Waals surface area (Å²) in [6.45, 7) is 7.98. The third-order valence-corrected chi connectivity index (χ3v) is 2.92. The number of rotatable bonds is 9. The van der Waals surface area contributed by atoms with Gasteiger partial charge in [-0.15, -0.1) is 0 Å². The minimum Gasteiger partial charge on any atom is -0.247 e. The molecule has 0 rings (SSSR count). The zero-order valence-electron chi connectivity index (χ0n) is 12.7. The summed E-state index contributed by atoms with van der Waals surface area (Å²) in [4.78, 5) is 32.3. The number of hydrogen-bond acceptors (Lipinski definition) is 4. The Morgan fingerprint density at radius 1 is 0.947 bits per heavy atom. The molecule has 0 aliphatic heterocycles. The lowest BCUT2D eigenvalue weighted by Gasteiger charge is -2.13. The molecule has 0 aliphatic carbocycles. The summed E-state index contributed by atoms with van der Waals surface area (Å²) in [5.41, 5.74) is 0.